The maximum Gasteiger partial charge on any atom is 0.277 e. The summed E-state index contributed by atoms with van der Waals surface area (Å²) in [6.45, 7) is 2.21. The fourth-order valence-electron chi connectivity index (χ4n) is 2.58. The summed E-state index contributed by atoms with van der Waals surface area (Å²) in [5.74, 6) is -2.63. The van der Waals surface area contributed by atoms with Crippen LogP contribution in [0, 0.1) is 24.5 Å². The number of carbonyl (C=O) groups excluding carboxylic acids is 1. The minimum absolute atomic E-state index is 0.193. The van der Waals surface area contributed by atoms with Crippen molar-refractivity contribution in [2.24, 2.45) is 5.92 Å². The number of hydrogen-bond acceptors (Lipinski definition) is 4. The highest BCUT2D eigenvalue weighted by Gasteiger charge is 2.24. The van der Waals surface area contributed by atoms with Gasteiger partial charge in [0.2, 0.25) is 0 Å². The molecular weight excluding hydrogens is 444 g/mol. The van der Waals surface area contributed by atoms with E-state index in [-0.39, 0.29) is 17.1 Å². The number of benzene rings is 1. The zero-order valence-electron chi connectivity index (χ0n) is 14.4. The van der Waals surface area contributed by atoms with Gasteiger partial charge in [-0.1, -0.05) is 18.0 Å². The highest BCUT2D eigenvalue weighted by atomic mass is 79.9. The first-order chi connectivity index (χ1) is 12.9. The van der Waals surface area contributed by atoms with Crippen molar-refractivity contribution in [1.29, 1.82) is 0 Å². The van der Waals surface area contributed by atoms with E-state index in [1.165, 1.54) is 0 Å². The van der Waals surface area contributed by atoms with Gasteiger partial charge in [0, 0.05) is 6.20 Å². The van der Waals surface area contributed by atoms with Crippen molar-refractivity contribution in [3.05, 3.63) is 50.6 Å². The van der Waals surface area contributed by atoms with Gasteiger partial charge in [0.15, 0.2) is 11.6 Å². The van der Waals surface area contributed by atoms with Crippen molar-refractivity contribution >= 4 is 44.9 Å². The normalized spacial score (nSPS) is 14.0. The summed E-state index contributed by atoms with van der Waals surface area (Å²) < 4.78 is 29.0. The van der Waals surface area contributed by atoms with E-state index >= 15 is 0 Å². The molecule has 1 aliphatic carbocycles. The van der Waals surface area contributed by atoms with Crippen LogP contribution in [-0.4, -0.2) is 17.5 Å². The van der Waals surface area contributed by atoms with Gasteiger partial charge in [-0.25, -0.2) is 19.2 Å². The Morgan fingerprint density at radius 2 is 2.11 bits per heavy atom. The van der Waals surface area contributed by atoms with Crippen LogP contribution in [0.25, 0.3) is 0 Å². The number of hydroxylamine groups is 1. The van der Waals surface area contributed by atoms with Crippen LogP contribution in [0.5, 0.6) is 0 Å². The highest BCUT2D eigenvalue weighted by molar-refractivity contribution is 9.10. The van der Waals surface area contributed by atoms with Crippen LogP contribution < -0.4 is 10.8 Å². The first-order valence-corrected chi connectivity index (χ1v) is 9.52. The summed E-state index contributed by atoms with van der Waals surface area (Å²) in [5.41, 5.74) is 2.57. The molecule has 3 rings (SSSR count). The molecule has 1 saturated carbocycles. The SMILES string of the molecule is Cc1cnc(Nc2c(C(=O)NOCC3CCC3)cc(Cl)c(F)c2F)c(Br)c1. The molecule has 1 amide bonds. The maximum absolute atomic E-state index is 14.5. The molecule has 1 aliphatic rings. The van der Waals surface area contributed by atoms with Gasteiger partial charge in [-0.05, 0) is 59.3 Å². The molecule has 1 heterocycles. The Hall–Kier alpha value is -1.77. The molecule has 2 N–H and O–H groups in total. The standard InChI is InChI=1S/C18H17BrClF2N3O2/c1-9-5-12(19)17(23-7-9)24-16-11(6-13(20)14(21)15(16)22)18(26)25-27-8-10-3-2-4-10/h5-7,10H,2-4,8H2,1H3,(H,23,24)(H,25,26). The summed E-state index contributed by atoms with van der Waals surface area (Å²) in [5, 5.41) is 2.16. The summed E-state index contributed by atoms with van der Waals surface area (Å²) >= 11 is 9.02. The molecule has 5 nitrogen and oxygen atoms in total. The molecule has 0 atom stereocenters. The van der Waals surface area contributed by atoms with E-state index in [0.717, 1.165) is 30.9 Å². The second-order valence-corrected chi connectivity index (χ2v) is 7.68. The first-order valence-electron chi connectivity index (χ1n) is 8.35. The summed E-state index contributed by atoms with van der Waals surface area (Å²) in [6, 6.07) is 2.80. The van der Waals surface area contributed by atoms with E-state index < -0.39 is 22.6 Å². The van der Waals surface area contributed by atoms with Crippen molar-refractivity contribution in [1.82, 2.24) is 10.5 Å². The van der Waals surface area contributed by atoms with Crippen LogP contribution in [0.15, 0.2) is 22.8 Å². The number of rotatable bonds is 6. The quantitative estimate of drug-likeness (QED) is 0.454. The van der Waals surface area contributed by atoms with Crippen LogP contribution in [0.4, 0.5) is 20.3 Å². The van der Waals surface area contributed by atoms with Gasteiger partial charge >= 0.3 is 0 Å². The Kier molecular flexibility index (Phi) is 6.29. The molecule has 0 bridgehead atoms. The molecule has 144 valence electrons. The third-order valence-electron chi connectivity index (χ3n) is 4.34. The van der Waals surface area contributed by atoms with E-state index in [0.29, 0.717) is 17.0 Å². The predicted octanol–water partition coefficient (Wildman–Crippen LogP) is 5.29. The Bertz CT molecular complexity index is 878. The minimum Gasteiger partial charge on any atom is -0.336 e. The summed E-state index contributed by atoms with van der Waals surface area (Å²) in [6.07, 6.45) is 4.80. The van der Waals surface area contributed by atoms with Crippen LogP contribution >= 0.6 is 27.5 Å². The molecule has 1 aromatic heterocycles. The molecule has 9 heteroatoms. The molecule has 0 radical (unpaired) electrons. The molecule has 1 fully saturated rings. The monoisotopic (exact) mass is 459 g/mol. The molecule has 0 unspecified atom stereocenters. The van der Waals surface area contributed by atoms with E-state index in [1.54, 1.807) is 12.3 Å². The number of halogens is 4. The molecule has 2 aromatic rings. The van der Waals surface area contributed by atoms with E-state index in [1.807, 2.05) is 6.92 Å². The highest BCUT2D eigenvalue weighted by Crippen LogP contribution is 2.33. The van der Waals surface area contributed by atoms with Gasteiger partial charge in [0.1, 0.15) is 5.82 Å². The smallest absolute Gasteiger partial charge is 0.277 e. The minimum atomic E-state index is -1.28. The van der Waals surface area contributed by atoms with Gasteiger partial charge < -0.3 is 5.32 Å². The lowest BCUT2D eigenvalue weighted by Gasteiger charge is -2.24. The Morgan fingerprint density at radius 1 is 1.37 bits per heavy atom. The Labute approximate surface area is 168 Å². The Balaban J connectivity index is 1.86. The lowest BCUT2D eigenvalue weighted by molar-refractivity contribution is 0.00322. The van der Waals surface area contributed by atoms with E-state index in [9.17, 15) is 13.6 Å². The number of amides is 1. The maximum atomic E-state index is 14.5. The van der Waals surface area contributed by atoms with E-state index in [4.69, 9.17) is 16.4 Å². The average Bonchev–Trinajstić information content (AvgIpc) is 2.59. The number of hydrogen-bond donors (Lipinski definition) is 2. The van der Waals surface area contributed by atoms with Crippen LogP contribution in [-0.2, 0) is 4.84 Å². The van der Waals surface area contributed by atoms with E-state index in [2.05, 4.69) is 31.7 Å². The van der Waals surface area contributed by atoms with Crippen LogP contribution in [0.3, 0.4) is 0 Å². The van der Waals surface area contributed by atoms with Gasteiger partial charge in [0.05, 0.1) is 27.4 Å². The van der Waals surface area contributed by atoms with Crippen molar-refractivity contribution in [3.8, 4) is 0 Å². The van der Waals surface area contributed by atoms with Crippen molar-refractivity contribution in [2.75, 3.05) is 11.9 Å². The van der Waals surface area contributed by atoms with Gasteiger partial charge in [-0.2, -0.15) is 0 Å². The zero-order valence-corrected chi connectivity index (χ0v) is 16.8. The molecule has 0 saturated heterocycles. The van der Waals surface area contributed by atoms with Gasteiger partial charge in [-0.15, -0.1) is 0 Å². The average molecular weight is 461 g/mol. The number of carbonyl (C=O) groups is 1. The first kappa shape index (κ1) is 20.0. The fraction of sp³-hybridized carbons (Fsp3) is 0.333. The second-order valence-electron chi connectivity index (χ2n) is 6.42. The third kappa shape index (κ3) is 4.56. The third-order valence-corrected chi connectivity index (χ3v) is 5.22. The lowest BCUT2D eigenvalue weighted by atomic mass is 9.86. The van der Waals surface area contributed by atoms with Crippen molar-refractivity contribution in [2.45, 2.75) is 26.2 Å². The van der Waals surface area contributed by atoms with Crippen molar-refractivity contribution < 1.29 is 18.4 Å². The number of aromatic nitrogens is 1. The van der Waals surface area contributed by atoms with Crippen LogP contribution in [0.2, 0.25) is 5.02 Å². The fourth-order valence-corrected chi connectivity index (χ4v) is 3.33. The number of anilines is 2. The zero-order chi connectivity index (χ0) is 19.6. The van der Waals surface area contributed by atoms with Crippen LogP contribution in [0.1, 0.15) is 35.2 Å². The second kappa shape index (κ2) is 8.50. The predicted molar refractivity (Wildman–Crippen MR) is 102 cm³/mol. The molecule has 1 aromatic carbocycles. The topological polar surface area (TPSA) is 63.2 Å². The summed E-state index contributed by atoms with van der Waals surface area (Å²) in [4.78, 5) is 21.8. The molecule has 0 aliphatic heterocycles. The Morgan fingerprint density at radius 3 is 2.74 bits per heavy atom. The van der Waals surface area contributed by atoms with Gasteiger partial charge in [0.25, 0.3) is 5.91 Å². The van der Waals surface area contributed by atoms with Gasteiger partial charge in [-0.3, -0.25) is 9.63 Å². The van der Waals surface area contributed by atoms with Crippen molar-refractivity contribution in [3.63, 3.8) is 0 Å². The molecule has 0 spiro atoms. The molecule has 27 heavy (non-hydrogen) atoms. The molecular formula is C18H17BrClF2N3O2. The number of aryl methyl sites for hydroxylation is 1. The summed E-state index contributed by atoms with van der Waals surface area (Å²) in [7, 11) is 0. The number of nitrogens with one attached hydrogen (secondary N) is 2. The lowest BCUT2D eigenvalue weighted by Crippen LogP contribution is -2.29. The number of nitrogens with zero attached hydrogens (tertiary/aromatic N) is 1. The number of pyridine rings is 1. The largest absolute Gasteiger partial charge is 0.336 e.